The zero-order valence-corrected chi connectivity index (χ0v) is 12.0. The van der Waals surface area contributed by atoms with E-state index in [2.05, 4.69) is 0 Å². The highest BCUT2D eigenvalue weighted by Crippen LogP contribution is 2.25. The SMILES string of the molecule is COCC(OC)c1cccc(CC(C)(C)C(=O)O)c1. The fourth-order valence-electron chi connectivity index (χ4n) is 1.94. The smallest absolute Gasteiger partial charge is 0.309 e. The summed E-state index contributed by atoms with van der Waals surface area (Å²) in [5.74, 6) is -0.793. The first-order valence-corrected chi connectivity index (χ1v) is 6.24. The molecule has 0 saturated heterocycles. The number of hydrogen-bond acceptors (Lipinski definition) is 3. The Hall–Kier alpha value is -1.39. The minimum Gasteiger partial charge on any atom is -0.481 e. The van der Waals surface area contributed by atoms with Crippen LogP contribution in [0, 0.1) is 5.41 Å². The van der Waals surface area contributed by atoms with Crippen molar-refractivity contribution in [3.8, 4) is 0 Å². The molecule has 0 spiro atoms. The second-order valence-corrected chi connectivity index (χ2v) is 5.29. The second kappa shape index (κ2) is 6.68. The van der Waals surface area contributed by atoms with E-state index in [0.29, 0.717) is 13.0 Å². The van der Waals surface area contributed by atoms with Crippen LogP contribution in [0.25, 0.3) is 0 Å². The van der Waals surface area contributed by atoms with Crippen molar-refractivity contribution in [3.05, 3.63) is 35.4 Å². The molecule has 1 N–H and O–H groups in total. The van der Waals surface area contributed by atoms with Gasteiger partial charge in [0.05, 0.1) is 12.0 Å². The molecular weight excluding hydrogens is 244 g/mol. The van der Waals surface area contributed by atoms with Crippen LogP contribution in [0.5, 0.6) is 0 Å². The van der Waals surface area contributed by atoms with Crippen LogP contribution in [-0.4, -0.2) is 31.9 Å². The van der Waals surface area contributed by atoms with Crippen LogP contribution in [0.2, 0.25) is 0 Å². The van der Waals surface area contributed by atoms with Crippen molar-refractivity contribution in [2.45, 2.75) is 26.4 Å². The maximum Gasteiger partial charge on any atom is 0.309 e. The molecule has 0 fully saturated rings. The van der Waals surface area contributed by atoms with Crippen molar-refractivity contribution in [1.29, 1.82) is 0 Å². The molecular formula is C15H22O4. The van der Waals surface area contributed by atoms with Crippen molar-refractivity contribution < 1.29 is 19.4 Å². The number of carboxylic acids is 1. The lowest BCUT2D eigenvalue weighted by Gasteiger charge is -2.20. The summed E-state index contributed by atoms with van der Waals surface area (Å²) in [5.41, 5.74) is 1.22. The topological polar surface area (TPSA) is 55.8 Å². The molecule has 0 aliphatic rings. The first-order valence-electron chi connectivity index (χ1n) is 6.24. The van der Waals surface area contributed by atoms with Gasteiger partial charge in [-0.05, 0) is 31.4 Å². The number of hydrogen-bond donors (Lipinski definition) is 1. The van der Waals surface area contributed by atoms with Gasteiger partial charge in [0, 0.05) is 14.2 Å². The molecule has 0 amide bonds. The number of benzene rings is 1. The average Bonchev–Trinajstić information content (AvgIpc) is 2.35. The molecule has 0 aliphatic carbocycles. The Bertz CT molecular complexity index is 426. The third-order valence-electron chi connectivity index (χ3n) is 3.15. The normalized spacial score (nSPS) is 13.3. The summed E-state index contributed by atoms with van der Waals surface area (Å²) in [6.45, 7) is 3.93. The molecule has 1 aromatic rings. The van der Waals surface area contributed by atoms with Gasteiger partial charge in [-0.25, -0.2) is 0 Å². The van der Waals surface area contributed by atoms with Crippen molar-refractivity contribution in [1.82, 2.24) is 0 Å². The van der Waals surface area contributed by atoms with Gasteiger partial charge in [0.1, 0.15) is 6.10 Å². The summed E-state index contributed by atoms with van der Waals surface area (Å²) in [6.07, 6.45) is 0.359. The molecule has 0 bridgehead atoms. The highest BCUT2D eigenvalue weighted by molar-refractivity contribution is 5.74. The number of ether oxygens (including phenoxy) is 2. The Morgan fingerprint density at radius 3 is 2.58 bits per heavy atom. The third-order valence-corrected chi connectivity index (χ3v) is 3.15. The lowest BCUT2D eigenvalue weighted by molar-refractivity contribution is -0.146. The van der Waals surface area contributed by atoms with E-state index in [-0.39, 0.29) is 6.10 Å². The highest BCUT2D eigenvalue weighted by Gasteiger charge is 2.27. The number of carboxylic acid groups (broad SMARTS) is 1. The van der Waals surface area contributed by atoms with Crippen LogP contribution >= 0.6 is 0 Å². The van der Waals surface area contributed by atoms with Crippen molar-refractivity contribution in [2.24, 2.45) is 5.41 Å². The van der Waals surface area contributed by atoms with E-state index in [1.807, 2.05) is 24.3 Å². The summed E-state index contributed by atoms with van der Waals surface area (Å²) in [5, 5.41) is 9.17. The molecule has 106 valence electrons. The molecule has 0 aromatic heterocycles. The van der Waals surface area contributed by atoms with Crippen LogP contribution in [0.3, 0.4) is 0 Å². The van der Waals surface area contributed by atoms with E-state index in [9.17, 15) is 4.79 Å². The fraction of sp³-hybridized carbons (Fsp3) is 0.533. The predicted molar refractivity (Wildman–Crippen MR) is 73.2 cm³/mol. The van der Waals surface area contributed by atoms with E-state index >= 15 is 0 Å². The number of aliphatic carboxylic acids is 1. The molecule has 0 saturated carbocycles. The van der Waals surface area contributed by atoms with Crippen LogP contribution in [-0.2, 0) is 20.7 Å². The van der Waals surface area contributed by atoms with Gasteiger partial charge in [-0.2, -0.15) is 0 Å². The molecule has 0 radical (unpaired) electrons. The summed E-state index contributed by atoms with van der Waals surface area (Å²) in [7, 11) is 3.26. The first-order chi connectivity index (χ1) is 8.90. The van der Waals surface area contributed by atoms with Crippen LogP contribution < -0.4 is 0 Å². The standard InChI is InChI=1S/C15H22O4/c1-15(2,14(16)17)9-11-6-5-7-12(8-11)13(19-4)10-18-3/h5-8,13H,9-10H2,1-4H3,(H,16,17). The molecule has 19 heavy (non-hydrogen) atoms. The maximum absolute atomic E-state index is 11.2. The molecule has 4 heteroatoms. The van der Waals surface area contributed by atoms with Crippen molar-refractivity contribution in [2.75, 3.05) is 20.8 Å². The van der Waals surface area contributed by atoms with E-state index in [1.165, 1.54) is 0 Å². The monoisotopic (exact) mass is 266 g/mol. The van der Waals surface area contributed by atoms with Gasteiger partial charge in [-0.15, -0.1) is 0 Å². The molecule has 0 aliphatic heterocycles. The van der Waals surface area contributed by atoms with Gasteiger partial charge in [0.2, 0.25) is 0 Å². The quantitative estimate of drug-likeness (QED) is 0.824. The minimum atomic E-state index is -0.793. The van der Waals surface area contributed by atoms with E-state index < -0.39 is 11.4 Å². The van der Waals surface area contributed by atoms with Gasteiger partial charge in [0.15, 0.2) is 0 Å². The Kier molecular flexibility index (Phi) is 5.51. The molecule has 1 unspecified atom stereocenters. The van der Waals surface area contributed by atoms with Crippen LogP contribution in [0.15, 0.2) is 24.3 Å². The Labute approximate surface area is 114 Å². The van der Waals surface area contributed by atoms with Gasteiger partial charge in [0.25, 0.3) is 0 Å². The molecule has 4 nitrogen and oxygen atoms in total. The minimum absolute atomic E-state index is 0.127. The Morgan fingerprint density at radius 1 is 1.37 bits per heavy atom. The number of rotatable bonds is 7. The zero-order valence-electron chi connectivity index (χ0n) is 12.0. The van der Waals surface area contributed by atoms with E-state index in [0.717, 1.165) is 11.1 Å². The van der Waals surface area contributed by atoms with E-state index in [1.54, 1.807) is 28.1 Å². The summed E-state index contributed by atoms with van der Waals surface area (Å²) in [6, 6.07) is 7.81. The number of methoxy groups -OCH3 is 2. The lowest BCUT2D eigenvalue weighted by Crippen LogP contribution is -2.26. The maximum atomic E-state index is 11.2. The van der Waals surface area contributed by atoms with Gasteiger partial charge < -0.3 is 14.6 Å². The third kappa shape index (κ3) is 4.33. The second-order valence-electron chi connectivity index (χ2n) is 5.29. The summed E-state index contributed by atoms with van der Waals surface area (Å²) in [4.78, 5) is 11.2. The molecule has 1 rings (SSSR count). The largest absolute Gasteiger partial charge is 0.481 e. The van der Waals surface area contributed by atoms with Gasteiger partial charge in [-0.3, -0.25) is 4.79 Å². The molecule has 0 heterocycles. The number of carbonyl (C=O) groups is 1. The Morgan fingerprint density at radius 2 is 2.05 bits per heavy atom. The summed E-state index contributed by atoms with van der Waals surface area (Å²) >= 11 is 0. The van der Waals surface area contributed by atoms with Crippen molar-refractivity contribution in [3.63, 3.8) is 0 Å². The van der Waals surface area contributed by atoms with Crippen molar-refractivity contribution >= 4 is 5.97 Å². The Balaban J connectivity index is 2.91. The van der Waals surface area contributed by atoms with Gasteiger partial charge in [-0.1, -0.05) is 24.3 Å². The zero-order chi connectivity index (χ0) is 14.5. The van der Waals surface area contributed by atoms with Crippen LogP contribution in [0.4, 0.5) is 0 Å². The van der Waals surface area contributed by atoms with Gasteiger partial charge >= 0.3 is 5.97 Å². The first kappa shape index (κ1) is 15.7. The summed E-state index contributed by atoms with van der Waals surface area (Å²) < 4.78 is 10.5. The molecule has 1 atom stereocenters. The average molecular weight is 266 g/mol. The lowest BCUT2D eigenvalue weighted by atomic mass is 9.85. The highest BCUT2D eigenvalue weighted by atomic mass is 16.5. The predicted octanol–water partition coefficient (Wildman–Crippen LogP) is 2.67. The fourth-order valence-corrected chi connectivity index (χ4v) is 1.94. The van der Waals surface area contributed by atoms with Crippen LogP contribution in [0.1, 0.15) is 31.1 Å². The molecule has 1 aromatic carbocycles. The van der Waals surface area contributed by atoms with E-state index in [4.69, 9.17) is 14.6 Å².